The van der Waals surface area contributed by atoms with Gasteiger partial charge < -0.3 is 0 Å². The van der Waals surface area contributed by atoms with Gasteiger partial charge in [-0.05, 0) is 23.8 Å². The van der Waals surface area contributed by atoms with Crippen molar-refractivity contribution in [2.75, 3.05) is 0 Å². The van der Waals surface area contributed by atoms with E-state index in [1.165, 1.54) is 11.8 Å². The minimum absolute atomic E-state index is 0.198. The molecule has 0 N–H and O–H groups in total. The van der Waals surface area contributed by atoms with Gasteiger partial charge in [0.2, 0.25) is 5.78 Å². The van der Waals surface area contributed by atoms with Crippen molar-refractivity contribution in [1.29, 1.82) is 0 Å². The van der Waals surface area contributed by atoms with E-state index in [1.54, 1.807) is 36.4 Å². The lowest BCUT2D eigenvalue weighted by molar-refractivity contribution is 0.0971. The Morgan fingerprint density at radius 3 is 2.00 bits per heavy atom. The molecule has 0 amide bonds. The molecule has 0 spiro atoms. The van der Waals surface area contributed by atoms with Crippen molar-refractivity contribution in [2.24, 2.45) is 0 Å². The number of rotatable bonds is 1. The average molecular weight is 368 g/mol. The molecule has 3 aromatic carbocycles. The molecule has 4 heteroatoms. The fraction of sp³-hybridized carbons (Fsp3) is 0. The molecule has 128 valence electrons. The molecule has 1 aliphatic carbocycles. The molecule has 0 unspecified atom stereocenters. The van der Waals surface area contributed by atoms with E-state index in [1.807, 2.05) is 36.4 Å². The number of Topliss-reactive ketones (excluding diaryl/α,β-unsaturated/α-hetero) is 1. The highest BCUT2D eigenvalue weighted by molar-refractivity contribution is 8.04. The van der Waals surface area contributed by atoms with Gasteiger partial charge in [0.15, 0.2) is 11.6 Å². The van der Waals surface area contributed by atoms with Gasteiger partial charge in [-0.1, -0.05) is 66.4 Å². The van der Waals surface area contributed by atoms with E-state index < -0.39 is 0 Å². The second-order valence-corrected chi connectivity index (χ2v) is 7.50. The first-order valence-corrected chi connectivity index (χ1v) is 9.31. The third-order valence-electron chi connectivity index (χ3n) is 4.82. The van der Waals surface area contributed by atoms with Crippen LogP contribution in [0.2, 0.25) is 0 Å². The van der Waals surface area contributed by atoms with Crippen LogP contribution < -0.4 is 0 Å². The smallest absolute Gasteiger partial charge is 0.201 e. The molecule has 27 heavy (non-hydrogen) atoms. The van der Waals surface area contributed by atoms with Crippen LogP contribution in [0.1, 0.15) is 47.8 Å². The van der Waals surface area contributed by atoms with Crippen LogP contribution in [0.15, 0.2) is 76.5 Å². The monoisotopic (exact) mass is 368 g/mol. The predicted octanol–water partition coefficient (Wildman–Crippen LogP) is 4.79. The number of fused-ring (bicyclic) bond motifs is 4. The fourth-order valence-electron chi connectivity index (χ4n) is 3.56. The second-order valence-electron chi connectivity index (χ2n) is 6.42. The number of carbonyl (C=O) groups excluding carboxylic acids is 3. The van der Waals surface area contributed by atoms with Gasteiger partial charge in [-0.25, -0.2) is 0 Å². The topological polar surface area (TPSA) is 51.2 Å². The predicted molar refractivity (Wildman–Crippen MR) is 104 cm³/mol. The number of benzene rings is 3. The van der Waals surface area contributed by atoms with Gasteiger partial charge in [0.05, 0.1) is 4.91 Å². The molecule has 1 aliphatic heterocycles. The molecule has 0 saturated carbocycles. The number of thioether (sulfide) groups is 1. The SMILES string of the molecule is O=C1c2ccccc2C(=O)c2c1ccc1c2C(=O)/C(=C/c2ccccc2)S1. The Morgan fingerprint density at radius 2 is 1.26 bits per heavy atom. The van der Waals surface area contributed by atoms with Gasteiger partial charge in [0.1, 0.15) is 0 Å². The first-order chi connectivity index (χ1) is 13.1. The maximum absolute atomic E-state index is 13.1. The van der Waals surface area contributed by atoms with Crippen molar-refractivity contribution in [3.8, 4) is 0 Å². The summed E-state index contributed by atoms with van der Waals surface area (Å²) in [6.45, 7) is 0. The Balaban J connectivity index is 1.68. The Labute approximate surface area is 159 Å². The molecule has 0 fully saturated rings. The fourth-order valence-corrected chi connectivity index (χ4v) is 4.62. The lowest BCUT2D eigenvalue weighted by Crippen LogP contribution is -2.23. The van der Waals surface area contributed by atoms with Crippen molar-refractivity contribution >= 4 is 35.2 Å². The highest BCUT2D eigenvalue weighted by Crippen LogP contribution is 2.45. The molecular weight excluding hydrogens is 356 g/mol. The molecule has 2 aliphatic rings. The summed E-state index contributed by atoms with van der Waals surface area (Å²) < 4.78 is 0. The number of hydrogen-bond acceptors (Lipinski definition) is 4. The quantitative estimate of drug-likeness (QED) is 0.453. The first kappa shape index (κ1) is 16.0. The van der Waals surface area contributed by atoms with E-state index in [0.717, 1.165) is 10.5 Å². The number of ketones is 3. The second kappa shape index (κ2) is 5.89. The normalized spacial score (nSPS) is 16.3. The van der Waals surface area contributed by atoms with Crippen molar-refractivity contribution in [3.05, 3.63) is 105 Å². The zero-order chi connectivity index (χ0) is 18.5. The summed E-state index contributed by atoms with van der Waals surface area (Å²) in [7, 11) is 0. The van der Waals surface area contributed by atoms with Gasteiger partial charge in [0.25, 0.3) is 0 Å². The third-order valence-corrected chi connectivity index (χ3v) is 5.91. The van der Waals surface area contributed by atoms with Crippen LogP contribution in [0.5, 0.6) is 0 Å². The number of allylic oxidation sites excluding steroid dienone is 1. The van der Waals surface area contributed by atoms with Crippen LogP contribution in [-0.4, -0.2) is 17.3 Å². The van der Waals surface area contributed by atoms with Crippen LogP contribution in [0.25, 0.3) is 6.08 Å². The minimum Gasteiger partial charge on any atom is -0.289 e. The molecule has 3 nitrogen and oxygen atoms in total. The van der Waals surface area contributed by atoms with Crippen molar-refractivity contribution in [3.63, 3.8) is 0 Å². The Morgan fingerprint density at radius 1 is 0.593 bits per heavy atom. The third kappa shape index (κ3) is 2.34. The largest absolute Gasteiger partial charge is 0.289 e. The maximum atomic E-state index is 13.1. The maximum Gasteiger partial charge on any atom is 0.201 e. The Bertz CT molecular complexity index is 1190. The summed E-state index contributed by atoms with van der Waals surface area (Å²) >= 11 is 1.34. The van der Waals surface area contributed by atoms with Crippen LogP contribution in [0.4, 0.5) is 0 Å². The molecule has 3 aromatic rings. The summed E-state index contributed by atoms with van der Waals surface area (Å²) in [6.07, 6.45) is 1.82. The van der Waals surface area contributed by atoms with Gasteiger partial charge in [-0.2, -0.15) is 0 Å². The number of hydrogen-bond donors (Lipinski definition) is 0. The summed E-state index contributed by atoms with van der Waals surface area (Å²) in [5.74, 6) is -0.663. The van der Waals surface area contributed by atoms with Crippen LogP contribution in [-0.2, 0) is 0 Å². The van der Waals surface area contributed by atoms with E-state index in [2.05, 4.69) is 0 Å². The summed E-state index contributed by atoms with van der Waals surface area (Å²) in [6, 6.07) is 19.8. The van der Waals surface area contributed by atoms with E-state index in [9.17, 15) is 14.4 Å². The average Bonchev–Trinajstić information content (AvgIpc) is 3.02. The molecule has 5 rings (SSSR count). The zero-order valence-electron chi connectivity index (χ0n) is 14.1. The van der Waals surface area contributed by atoms with E-state index in [-0.39, 0.29) is 22.9 Å². The van der Waals surface area contributed by atoms with E-state index in [4.69, 9.17) is 0 Å². The Hall–Kier alpha value is -3.24. The molecule has 0 radical (unpaired) electrons. The molecule has 0 aromatic heterocycles. The summed E-state index contributed by atoms with van der Waals surface area (Å²) in [5, 5.41) is 0. The van der Waals surface area contributed by atoms with E-state index >= 15 is 0 Å². The van der Waals surface area contributed by atoms with Crippen LogP contribution >= 0.6 is 11.8 Å². The van der Waals surface area contributed by atoms with Crippen LogP contribution in [0.3, 0.4) is 0 Å². The summed E-state index contributed by atoms with van der Waals surface area (Å²) in [4.78, 5) is 40.3. The lowest BCUT2D eigenvalue weighted by Gasteiger charge is -2.19. The van der Waals surface area contributed by atoms with Gasteiger partial charge >= 0.3 is 0 Å². The molecule has 1 heterocycles. The molecule has 0 bridgehead atoms. The highest BCUT2D eigenvalue weighted by Gasteiger charge is 2.38. The van der Waals surface area contributed by atoms with Crippen molar-refractivity contribution in [2.45, 2.75) is 4.90 Å². The minimum atomic E-state index is -0.257. The van der Waals surface area contributed by atoms with Crippen molar-refractivity contribution in [1.82, 2.24) is 0 Å². The van der Waals surface area contributed by atoms with E-state index in [0.29, 0.717) is 27.2 Å². The molecule has 0 atom stereocenters. The lowest BCUT2D eigenvalue weighted by atomic mass is 9.81. The highest BCUT2D eigenvalue weighted by atomic mass is 32.2. The van der Waals surface area contributed by atoms with Gasteiger partial charge in [-0.15, -0.1) is 0 Å². The molecular formula is C23H12O3S. The first-order valence-electron chi connectivity index (χ1n) is 8.50. The molecule has 0 saturated heterocycles. The zero-order valence-corrected chi connectivity index (χ0v) is 14.9. The summed E-state index contributed by atoms with van der Waals surface area (Å²) in [5.41, 5.74) is 2.59. The Kier molecular flexibility index (Phi) is 3.49. The van der Waals surface area contributed by atoms with Gasteiger partial charge in [-0.3, -0.25) is 14.4 Å². The van der Waals surface area contributed by atoms with Gasteiger partial charge in [0, 0.05) is 32.7 Å². The van der Waals surface area contributed by atoms with Crippen LogP contribution in [0, 0.1) is 0 Å². The van der Waals surface area contributed by atoms with Crippen molar-refractivity contribution < 1.29 is 14.4 Å². The standard InChI is InChI=1S/C23H12O3S/c24-21-14-8-4-5-9-15(14)22(25)19-16(21)10-11-17-20(19)23(26)18(27-17)12-13-6-2-1-3-7-13/h1-12H/b18-12-. The number of carbonyl (C=O) groups is 3.